The first-order valence-corrected chi connectivity index (χ1v) is 5.59. The van der Waals surface area contributed by atoms with Gasteiger partial charge in [-0.25, -0.2) is 4.79 Å². The van der Waals surface area contributed by atoms with Crippen molar-refractivity contribution in [3.8, 4) is 0 Å². The van der Waals surface area contributed by atoms with Crippen molar-refractivity contribution < 1.29 is 24.5 Å². The molecule has 1 heterocycles. The Balaban J connectivity index is 2.72. The molecule has 0 aromatic carbocycles. The average molecular weight is 245 g/mol. The van der Waals surface area contributed by atoms with Crippen LogP contribution in [0.1, 0.15) is 27.2 Å². The second-order valence-corrected chi connectivity index (χ2v) is 5.16. The molecule has 2 N–H and O–H groups in total. The lowest BCUT2D eigenvalue weighted by Crippen LogP contribution is -2.44. The fraction of sp³-hybridized carbons (Fsp3) is 0.818. The average Bonchev–Trinajstić information content (AvgIpc) is 2.57. The second-order valence-electron chi connectivity index (χ2n) is 5.16. The molecule has 6 heteroatoms. The minimum Gasteiger partial charge on any atom is -0.481 e. The molecule has 0 bridgehead atoms. The number of likely N-dealkylation sites (tertiary alicyclic amines) is 1. The van der Waals surface area contributed by atoms with Crippen LogP contribution in [0.4, 0.5) is 4.79 Å². The Morgan fingerprint density at radius 3 is 2.41 bits per heavy atom. The molecule has 1 aliphatic rings. The third kappa shape index (κ3) is 3.33. The Morgan fingerprint density at radius 1 is 1.41 bits per heavy atom. The number of carboxylic acid groups (broad SMARTS) is 1. The van der Waals surface area contributed by atoms with E-state index < -0.39 is 29.6 Å². The monoisotopic (exact) mass is 245 g/mol. The summed E-state index contributed by atoms with van der Waals surface area (Å²) >= 11 is 0. The van der Waals surface area contributed by atoms with Gasteiger partial charge in [0, 0.05) is 6.54 Å². The summed E-state index contributed by atoms with van der Waals surface area (Å²) in [6, 6.07) is -0.692. The van der Waals surface area contributed by atoms with Crippen molar-refractivity contribution in [1.29, 1.82) is 0 Å². The van der Waals surface area contributed by atoms with Gasteiger partial charge in [-0.3, -0.25) is 4.79 Å². The van der Waals surface area contributed by atoms with Crippen LogP contribution in [-0.2, 0) is 9.53 Å². The molecule has 2 atom stereocenters. The fourth-order valence-electron chi connectivity index (χ4n) is 1.91. The van der Waals surface area contributed by atoms with Gasteiger partial charge in [-0.05, 0) is 27.2 Å². The van der Waals surface area contributed by atoms with Crippen LogP contribution in [-0.4, -0.2) is 52.0 Å². The predicted octanol–water partition coefficient (Wildman–Crippen LogP) is 0.689. The molecule has 98 valence electrons. The number of carbonyl (C=O) groups excluding carboxylic acids is 1. The predicted molar refractivity (Wildman–Crippen MR) is 59.6 cm³/mol. The quantitative estimate of drug-likeness (QED) is 0.747. The van der Waals surface area contributed by atoms with E-state index in [1.807, 2.05) is 0 Å². The van der Waals surface area contributed by atoms with E-state index in [1.54, 1.807) is 20.8 Å². The largest absolute Gasteiger partial charge is 0.481 e. The van der Waals surface area contributed by atoms with E-state index in [1.165, 1.54) is 4.90 Å². The number of hydrogen-bond donors (Lipinski definition) is 2. The first kappa shape index (κ1) is 13.8. The van der Waals surface area contributed by atoms with Crippen molar-refractivity contribution in [3.63, 3.8) is 0 Å². The molecule has 0 radical (unpaired) electrons. The highest BCUT2D eigenvalue weighted by atomic mass is 16.6. The normalized spacial score (nSPS) is 24.8. The van der Waals surface area contributed by atoms with Gasteiger partial charge in [-0.15, -0.1) is 0 Å². The molecule has 0 saturated carbocycles. The van der Waals surface area contributed by atoms with Crippen molar-refractivity contribution >= 4 is 12.1 Å². The summed E-state index contributed by atoms with van der Waals surface area (Å²) in [5, 5.41) is 18.1. The number of aliphatic hydroxyl groups is 1. The Kier molecular flexibility index (Phi) is 3.98. The molecule has 1 aliphatic heterocycles. The van der Waals surface area contributed by atoms with Gasteiger partial charge in [-0.2, -0.15) is 0 Å². The smallest absolute Gasteiger partial charge is 0.410 e. The van der Waals surface area contributed by atoms with Gasteiger partial charge in [0.1, 0.15) is 5.60 Å². The van der Waals surface area contributed by atoms with Gasteiger partial charge in [0.05, 0.1) is 18.6 Å². The lowest BCUT2D eigenvalue weighted by Gasteiger charge is -2.28. The van der Waals surface area contributed by atoms with Crippen molar-refractivity contribution in [1.82, 2.24) is 4.90 Å². The molecule has 1 saturated heterocycles. The van der Waals surface area contributed by atoms with E-state index in [0.717, 1.165) is 0 Å². The molecular formula is C11H19NO5. The fourth-order valence-corrected chi connectivity index (χ4v) is 1.91. The first-order valence-electron chi connectivity index (χ1n) is 5.59. The lowest BCUT2D eigenvalue weighted by atomic mass is 10.0. The van der Waals surface area contributed by atoms with Crippen molar-refractivity contribution in [2.45, 2.75) is 38.8 Å². The maximum Gasteiger partial charge on any atom is 0.410 e. The van der Waals surface area contributed by atoms with Crippen LogP contribution in [0.2, 0.25) is 0 Å². The zero-order valence-electron chi connectivity index (χ0n) is 10.3. The maximum atomic E-state index is 11.8. The summed E-state index contributed by atoms with van der Waals surface area (Å²) in [5.74, 6) is -1.71. The van der Waals surface area contributed by atoms with E-state index in [9.17, 15) is 14.7 Å². The number of aliphatic hydroxyl groups excluding tert-OH is 1. The van der Waals surface area contributed by atoms with Gasteiger partial charge < -0.3 is 19.8 Å². The number of carbonyl (C=O) groups is 2. The van der Waals surface area contributed by atoms with Gasteiger partial charge in [0.2, 0.25) is 0 Å². The molecule has 1 fully saturated rings. The lowest BCUT2D eigenvalue weighted by molar-refractivity contribution is -0.142. The van der Waals surface area contributed by atoms with Crippen LogP contribution in [0.15, 0.2) is 0 Å². The molecule has 0 aromatic rings. The van der Waals surface area contributed by atoms with Crippen LogP contribution < -0.4 is 0 Å². The maximum absolute atomic E-state index is 11.8. The Morgan fingerprint density at radius 2 is 2.00 bits per heavy atom. The molecule has 17 heavy (non-hydrogen) atoms. The number of ether oxygens (including phenoxy) is 1. The number of hydrogen-bond acceptors (Lipinski definition) is 4. The van der Waals surface area contributed by atoms with Crippen LogP contribution in [0.3, 0.4) is 0 Å². The molecule has 1 rings (SSSR count). The zero-order valence-corrected chi connectivity index (χ0v) is 10.3. The molecular weight excluding hydrogens is 226 g/mol. The second kappa shape index (κ2) is 4.91. The molecule has 6 nitrogen and oxygen atoms in total. The molecule has 0 unspecified atom stereocenters. The third-order valence-electron chi connectivity index (χ3n) is 2.68. The van der Waals surface area contributed by atoms with E-state index in [-0.39, 0.29) is 6.61 Å². The van der Waals surface area contributed by atoms with E-state index in [2.05, 4.69) is 0 Å². The number of rotatable bonds is 2. The van der Waals surface area contributed by atoms with Crippen molar-refractivity contribution in [2.75, 3.05) is 13.2 Å². The van der Waals surface area contributed by atoms with Crippen molar-refractivity contribution in [2.24, 2.45) is 5.92 Å². The molecule has 0 aliphatic carbocycles. The van der Waals surface area contributed by atoms with Gasteiger partial charge in [0.15, 0.2) is 0 Å². The Bertz CT molecular complexity index is 309. The summed E-state index contributed by atoms with van der Waals surface area (Å²) in [6.07, 6.45) is -0.222. The summed E-state index contributed by atoms with van der Waals surface area (Å²) < 4.78 is 5.16. The van der Waals surface area contributed by atoms with Crippen LogP contribution in [0.5, 0.6) is 0 Å². The van der Waals surface area contributed by atoms with Crippen LogP contribution in [0.25, 0.3) is 0 Å². The van der Waals surface area contributed by atoms with E-state index >= 15 is 0 Å². The SMILES string of the molecule is CC(C)(C)OC(=O)N1CC[C@@H](C(=O)O)[C@@H]1CO. The number of carboxylic acids is 1. The van der Waals surface area contributed by atoms with E-state index in [4.69, 9.17) is 9.84 Å². The van der Waals surface area contributed by atoms with Gasteiger partial charge in [0.25, 0.3) is 0 Å². The summed E-state index contributed by atoms with van der Waals surface area (Å²) in [4.78, 5) is 24.0. The topological polar surface area (TPSA) is 87.1 Å². The minimum atomic E-state index is -0.991. The Hall–Kier alpha value is -1.30. The standard InChI is InChI=1S/C11H19NO5/c1-11(2,3)17-10(16)12-5-4-7(9(14)15)8(12)6-13/h7-8,13H,4-6H2,1-3H3,(H,14,15)/t7-,8+/m1/s1. The van der Waals surface area contributed by atoms with Gasteiger partial charge in [-0.1, -0.05) is 0 Å². The number of aliphatic carboxylic acids is 1. The molecule has 0 spiro atoms. The highest BCUT2D eigenvalue weighted by Gasteiger charge is 2.42. The summed E-state index contributed by atoms with van der Waals surface area (Å²) in [6.45, 7) is 5.16. The highest BCUT2D eigenvalue weighted by Crippen LogP contribution is 2.26. The zero-order chi connectivity index (χ0) is 13.2. The van der Waals surface area contributed by atoms with Crippen LogP contribution >= 0.6 is 0 Å². The summed E-state index contributed by atoms with van der Waals surface area (Å²) in [7, 11) is 0. The third-order valence-corrected chi connectivity index (χ3v) is 2.68. The van der Waals surface area contributed by atoms with Gasteiger partial charge >= 0.3 is 12.1 Å². The van der Waals surface area contributed by atoms with Crippen molar-refractivity contribution in [3.05, 3.63) is 0 Å². The highest BCUT2D eigenvalue weighted by molar-refractivity contribution is 5.75. The first-order chi connectivity index (χ1) is 7.76. The van der Waals surface area contributed by atoms with E-state index in [0.29, 0.717) is 13.0 Å². The number of nitrogens with zero attached hydrogens (tertiary/aromatic N) is 1. The number of amides is 1. The van der Waals surface area contributed by atoms with Crippen LogP contribution in [0, 0.1) is 5.92 Å². The molecule has 1 amide bonds. The molecule has 0 aromatic heterocycles. The summed E-state index contributed by atoms with van der Waals surface area (Å²) in [5.41, 5.74) is -0.627. The Labute approximate surface area is 100 Å². The minimum absolute atomic E-state index is 0.303.